The van der Waals surface area contributed by atoms with Crippen molar-refractivity contribution in [1.29, 1.82) is 0 Å². The van der Waals surface area contributed by atoms with E-state index in [1.54, 1.807) is 4.90 Å². The average molecular weight is 326 g/mol. The molecule has 102 valence electrons. The van der Waals surface area contributed by atoms with Crippen LogP contribution in [0.3, 0.4) is 0 Å². The maximum Gasteiger partial charge on any atom is 0.311 e. The van der Waals surface area contributed by atoms with Crippen LogP contribution in [0.1, 0.15) is 17.5 Å². The fourth-order valence-corrected chi connectivity index (χ4v) is 2.78. The lowest BCUT2D eigenvalue weighted by Crippen LogP contribution is -2.27. The lowest BCUT2D eigenvalue weighted by molar-refractivity contribution is -0.145. The number of anilines is 1. The molecule has 1 heterocycles. The summed E-state index contributed by atoms with van der Waals surface area (Å²) in [7, 11) is 1.35. The quantitative estimate of drug-likeness (QED) is 0.785. The summed E-state index contributed by atoms with van der Waals surface area (Å²) in [6, 6.07) is 3.96. The lowest BCUT2D eigenvalue weighted by atomic mass is 10.1. The van der Waals surface area contributed by atoms with Crippen LogP contribution >= 0.6 is 15.9 Å². The van der Waals surface area contributed by atoms with E-state index in [0.717, 1.165) is 21.3 Å². The molecule has 0 unspecified atom stereocenters. The third kappa shape index (κ3) is 2.66. The Morgan fingerprint density at radius 2 is 2.05 bits per heavy atom. The molecule has 1 saturated heterocycles. The van der Waals surface area contributed by atoms with Crippen molar-refractivity contribution in [3.63, 3.8) is 0 Å². The highest BCUT2D eigenvalue weighted by atomic mass is 79.9. The van der Waals surface area contributed by atoms with Gasteiger partial charge < -0.3 is 9.64 Å². The number of esters is 1. The van der Waals surface area contributed by atoms with Crippen molar-refractivity contribution in [2.75, 3.05) is 18.6 Å². The van der Waals surface area contributed by atoms with E-state index in [9.17, 15) is 9.59 Å². The normalized spacial score (nSPS) is 18.8. The number of halogens is 1. The molecule has 0 radical (unpaired) electrons. The molecule has 1 aromatic rings. The summed E-state index contributed by atoms with van der Waals surface area (Å²) in [5, 5.41) is 0. The fraction of sp³-hybridized carbons (Fsp3) is 0.429. The van der Waals surface area contributed by atoms with E-state index >= 15 is 0 Å². The summed E-state index contributed by atoms with van der Waals surface area (Å²) in [6.07, 6.45) is 0.223. The number of methoxy groups -OCH3 is 1. The standard InChI is InChI=1S/C14H16BrNO3/c1-8-5-12(9(2)4-11(8)15)16-7-10(6-13(16)17)14(18)19-3/h4-5,10H,6-7H2,1-3H3/t10-/m1/s1. The van der Waals surface area contributed by atoms with E-state index in [0.29, 0.717) is 6.54 Å². The molecule has 0 saturated carbocycles. The zero-order chi connectivity index (χ0) is 14.2. The van der Waals surface area contributed by atoms with Crippen molar-refractivity contribution in [2.45, 2.75) is 20.3 Å². The zero-order valence-electron chi connectivity index (χ0n) is 11.2. The molecular weight excluding hydrogens is 310 g/mol. The molecule has 0 aromatic heterocycles. The van der Waals surface area contributed by atoms with Crippen LogP contribution in [0.4, 0.5) is 5.69 Å². The van der Waals surface area contributed by atoms with Crippen molar-refractivity contribution in [3.05, 3.63) is 27.7 Å². The van der Waals surface area contributed by atoms with E-state index < -0.39 is 0 Å². The highest BCUT2D eigenvalue weighted by Gasteiger charge is 2.36. The van der Waals surface area contributed by atoms with Gasteiger partial charge in [0.05, 0.1) is 13.0 Å². The van der Waals surface area contributed by atoms with Gasteiger partial charge in [0.1, 0.15) is 0 Å². The number of benzene rings is 1. The summed E-state index contributed by atoms with van der Waals surface area (Å²) in [6.45, 7) is 4.33. The highest BCUT2D eigenvalue weighted by molar-refractivity contribution is 9.10. The minimum absolute atomic E-state index is 0.0276. The van der Waals surface area contributed by atoms with Crippen LogP contribution in [0.2, 0.25) is 0 Å². The Hall–Kier alpha value is -1.36. The van der Waals surface area contributed by atoms with Gasteiger partial charge in [-0.15, -0.1) is 0 Å². The number of amides is 1. The third-order valence-electron chi connectivity index (χ3n) is 3.43. The number of carbonyl (C=O) groups is 2. The Balaban J connectivity index is 2.30. The van der Waals surface area contributed by atoms with Gasteiger partial charge in [-0.25, -0.2) is 0 Å². The minimum atomic E-state index is -0.360. The van der Waals surface area contributed by atoms with Gasteiger partial charge in [-0.1, -0.05) is 15.9 Å². The first kappa shape index (κ1) is 14.1. The second-order valence-corrected chi connectivity index (χ2v) is 5.67. The third-order valence-corrected chi connectivity index (χ3v) is 4.28. The monoisotopic (exact) mass is 325 g/mol. The summed E-state index contributed by atoms with van der Waals surface area (Å²) >= 11 is 3.47. The van der Waals surface area contributed by atoms with Crippen molar-refractivity contribution in [2.24, 2.45) is 5.92 Å². The van der Waals surface area contributed by atoms with Gasteiger partial charge in [-0.2, -0.15) is 0 Å². The Morgan fingerprint density at radius 3 is 2.68 bits per heavy atom. The van der Waals surface area contributed by atoms with Crippen LogP contribution < -0.4 is 4.90 Å². The maximum atomic E-state index is 12.1. The van der Waals surface area contributed by atoms with E-state index in [1.165, 1.54) is 7.11 Å². The van der Waals surface area contributed by atoms with Crippen LogP contribution in [0, 0.1) is 19.8 Å². The Labute approximate surface area is 120 Å². The molecule has 0 spiro atoms. The first-order chi connectivity index (χ1) is 8.93. The smallest absolute Gasteiger partial charge is 0.311 e. The molecule has 1 aliphatic rings. The van der Waals surface area contributed by atoms with Gasteiger partial charge in [0, 0.05) is 23.1 Å². The number of hydrogen-bond acceptors (Lipinski definition) is 3. The summed E-state index contributed by atoms with van der Waals surface area (Å²) < 4.78 is 5.73. The predicted octanol–water partition coefficient (Wildman–Crippen LogP) is 2.59. The van der Waals surface area contributed by atoms with Crippen LogP contribution in [-0.2, 0) is 14.3 Å². The first-order valence-electron chi connectivity index (χ1n) is 6.09. The molecule has 2 rings (SSSR count). The maximum absolute atomic E-state index is 12.1. The second-order valence-electron chi connectivity index (χ2n) is 4.82. The topological polar surface area (TPSA) is 46.6 Å². The van der Waals surface area contributed by atoms with Gasteiger partial charge in [0.2, 0.25) is 5.91 Å². The molecule has 1 atom stereocenters. The van der Waals surface area contributed by atoms with Crippen LogP contribution in [0.5, 0.6) is 0 Å². The van der Waals surface area contributed by atoms with E-state index in [1.807, 2.05) is 26.0 Å². The molecule has 0 aliphatic carbocycles. The SMILES string of the molecule is COC(=O)[C@@H]1CC(=O)N(c2cc(C)c(Br)cc2C)C1. The van der Waals surface area contributed by atoms with Gasteiger partial charge in [0.25, 0.3) is 0 Å². The second kappa shape index (κ2) is 5.33. The number of hydrogen-bond donors (Lipinski definition) is 0. The molecule has 0 N–H and O–H groups in total. The number of carbonyl (C=O) groups excluding carboxylic acids is 2. The van der Waals surface area contributed by atoms with Crippen LogP contribution in [0.25, 0.3) is 0 Å². The predicted molar refractivity (Wildman–Crippen MR) is 76.1 cm³/mol. The average Bonchev–Trinajstić information content (AvgIpc) is 2.75. The van der Waals surface area contributed by atoms with Gasteiger partial charge in [0.15, 0.2) is 0 Å². The number of rotatable bonds is 2. The number of nitrogens with zero attached hydrogens (tertiary/aromatic N) is 1. The molecule has 5 heteroatoms. The number of ether oxygens (including phenoxy) is 1. The molecular formula is C14H16BrNO3. The lowest BCUT2D eigenvalue weighted by Gasteiger charge is -2.20. The van der Waals surface area contributed by atoms with Crippen molar-refractivity contribution in [1.82, 2.24) is 0 Å². The first-order valence-corrected chi connectivity index (χ1v) is 6.88. The fourth-order valence-electron chi connectivity index (χ4n) is 2.32. The van der Waals surface area contributed by atoms with E-state index in [-0.39, 0.29) is 24.2 Å². The van der Waals surface area contributed by atoms with E-state index in [4.69, 9.17) is 4.74 Å². The van der Waals surface area contributed by atoms with Crippen LogP contribution in [0.15, 0.2) is 16.6 Å². The van der Waals surface area contributed by atoms with Crippen molar-refractivity contribution >= 4 is 33.5 Å². The summed E-state index contributed by atoms with van der Waals surface area (Å²) in [5.74, 6) is -0.705. The van der Waals surface area contributed by atoms with Crippen LogP contribution in [-0.4, -0.2) is 25.5 Å². The number of aryl methyl sites for hydroxylation is 2. The molecule has 1 fully saturated rings. The Kier molecular flexibility index (Phi) is 3.94. The van der Waals surface area contributed by atoms with Gasteiger partial charge in [-0.3, -0.25) is 9.59 Å². The van der Waals surface area contributed by atoms with Gasteiger partial charge in [-0.05, 0) is 37.1 Å². The zero-order valence-corrected chi connectivity index (χ0v) is 12.8. The molecule has 0 bridgehead atoms. The highest BCUT2D eigenvalue weighted by Crippen LogP contribution is 2.32. The Morgan fingerprint density at radius 1 is 1.37 bits per heavy atom. The molecule has 1 aliphatic heterocycles. The van der Waals surface area contributed by atoms with Crippen molar-refractivity contribution < 1.29 is 14.3 Å². The van der Waals surface area contributed by atoms with Crippen molar-refractivity contribution in [3.8, 4) is 0 Å². The summed E-state index contributed by atoms with van der Waals surface area (Å²) in [5.41, 5.74) is 2.95. The van der Waals surface area contributed by atoms with E-state index in [2.05, 4.69) is 15.9 Å². The summed E-state index contributed by atoms with van der Waals surface area (Å²) in [4.78, 5) is 25.3. The minimum Gasteiger partial charge on any atom is -0.469 e. The molecule has 1 aromatic carbocycles. The molecule has 1 amide bonds. The van der Waals surface area contributed by atoms with Gasteiger partial charge >= 0.3 is 5.97 Å². The Bertz CT molecular complexity index is 542. The molecule has 4 nitrogen and oxygen atoms in total. The largest absolute Gasteiger partial charge is 0.469 e. The molecule has 19 heavy (non-hydrogen) atoms.